The predicted molar refractivity (Wildman–Crippen MR) is 127 cm³/mol. The normalized spacial score (nSPS) is 16.5. The van der Waals surface area contributed by atoms with E-state index in [1.54, 1.807) is 0 Å². The summed E-state index contributed by atoms with van der Waals surface area (Å²) in [5.41, 5.74) is 5.76. The first-order valence-electron chi connectivity index (χ1n) is 11.9. The third-order valence-electron chi connectivity index (χ3n) is 6.95. The number of carbonyl (C=O) groups is 1. The number of benzene rings is 2. The fourth-order valence-corrected chi connectivity index (χ4v) is 5.24. The Balaban J connectivity index is 1.42. The molecule has 0 bridgehead atoms. The first kappa shape index (κ1) is 21.0. The molecular formula is C27H32N4O. The molecule has 5 rings (SSSR count). The van der Waals surface area contributed by atoms with E-state index in [-0.39, 0.29) is 5.91 Å². The topological polar surface area (TPSA) is 41.4 Å². The molecule has 0 spiro atoms. The van der Waals surface area contributed by atoms with Crippen LogP contribution in [0.3, 0.4) is 0 Å². The second-order valence-electron chi connectivity index (χ2n) is 8.95. The van der Waals surface area contributed by atoms with Crippen molar-refractivity contribution in [2.45, 2.75) is 45.2 Å². The van der Waals surface area contributed by atoms with E-state index in [9.17, 15) is 4.79 Å². The molecule has 2 aliphatic rings. The van der Waals surface area contributed by atoms with Crippen LogP contribution in [0, 0.1) is 0 Å². The molecule has 1 amide bonds. The van der Waals surface area contributed by atoms with E-state index in [0.717, 1.165) is 64.1 Å². The number of hydrogen-bond donors (Lipinski definition) is 0. The summed E-state index contributed by atoms with van der Waals surface area (Å²) in [7, 11) is 0. The lowest BCUT2D eigenvalue weighted by molar-refractivity contribution is 0.0783. The minimum atomic E-state index is 0.121. The van der Waals surface area contributed by atoms with Crippen LogP contribution in [0.5, 0.6) is 0 Å². The van der Waals surface area contributed by atoms with Gasteiger partial charge in [0, 0.05) is 62.9 Å². The van der Waals surface area contributed by atoms with Crippen molar-refractivity contribution in [2.75, 3.05) is 26.2 Å². The maximum atomic E-state index is 13.3. The highest BCUT2D eigenvalue weighted by Gasteiger charge is 2.32. The van der Waals surface area contributed by atoms with E-state index in [1.165, 1.54) is 16.8 Å². The number of carbonyl (C=O) groups excluding carboxylic acids is 1. The molecule has 5 nitrogen and oxygen atoms in total. The van der Waals surface area contributed by atoms with Gasteiger partial charge in [-0.1, -0.05) is 60.7 Å². The number of likely N-dealkylation sites (tertiary alicyclic amines) is 1. The Morgan fingerprint density at radius 2 is 1.56 bits per heavy atom. The Morgan fingerprint density at radius 1 is 0.938 bits per heavy atom. The second-order valence-corrected chi connectivity index (χ2v) is 8.95. The SMILES string of the molecule is CCn1nc(C(=O)N2CCCC2)c2c1CCN(CC(c1ccccc1)c1ccccc1)C2. The van der Waals surface area contributed by atoms with E-state index in [4.69, 9.17) is 5.10 Å². The lowest BCUT2D eigenvalue weighted by Crippen LogP contribution is -2.36. The lowest BCUT2D eigenvalue weighted by atomic mass is 9.90. The summed E-state index contributed by atoms with van der Waals surface area (Å²) < 4.78 is 2.06. The molecule has 32 heavy (non-hydrogen) atoms. The quantitative estimate of drug-likeness (QED) is 0.587. The van der Waals surface area contributed by atoms with Gasteiger partial charge in [-0.05, 0) is 30.9 Å². The number of amides is 1. The summed E-state index contributed by atoms with van der Waals surface area (Å²) >= 11 is 0. The van der Waals surface area contributed by atoms with Crippen LogP contribution in [0.2, 0.25) is 0 Å². The smallest absolute Gasteiger partial charge is 0.274 e. The van der Waals surface area contributed by atoms with Gasteiger partial charge in [0.2, 0.25) is 0 Å². The molecule has 166 valence electrons. The number of fused-ring (bicyclic) bond motifs is 1. The van der Waals surface area contributed by atoms with Crippen LogP contribution >= 0.6 is 0 Å². The van der Waals surface area contributed by atoms with Crippen molar-refractivity contribution >= 4 is 5.91 Å². The molecule has 1 saturated heterocycles. The zero-order valence-electron chi connectivity index (χ0n) is 18.9. The van der Waals surface area contributed by atoms with Gasteiger partial charge in [0.05, 0.1) is 0 Å². The zero-order valence-corrected chi connectivity index (χ0v) is 18.9. The Kier molecular flexibility index (Phi) is 6.08. The third kappa shape index (κ3) is 4.09. The highest BCUT2D eigenvalue weighted by molar-refractivity contribution is 5.94. The van der Waals surface area contributed by atoms with Crippen molar-refractivity contribution in [3.8, 4) is 0 Å². The predicted octanol–water partition coefficient (Wildman–Crippen LogP) is 4.33. The monoisotopic (exact) mass is 428 g/mol. The lowest BCUT2D eigenvalue weighted by Gasteiger charge is -2.32. The average Bonchev–Trinajstić information content (AvgIpc) is 3.51. The van der Waals surface area contributed by atoms with Crippen LogP contribution in [0.15, 0.2) is 60.7 Å². The molecule has 0 aliphatic carbocycles. The van der Waals surface area contributed by atoms with Crippen LogP contribution in [0.4, 0.5) is 0 Å². The van der Waals surface area contributed by atoms with Crippen molar-refractivity contribution in [1.29, 1.82) is 0 Å². The first-order valence-corrected chi connectivity index (χ1v) is 11.9. The van der Waals surface area contributed by atoms with Gasteiger partial charge in [-0.3, -0.25) is 14.4 Å². The summed E-state index contributed by atoms with van der Waals surface area (Å²) in [5.74, 6) is 0.424. The maximum absolute atomic E-state index is 13.3. The van der Waals surface area contributed by atoms with Gasteiger partial charge < -0.3 is 4.90 Å². The molecule has 3 aromatic rings. The number of rotatable bonds is 6. The zero-order chi connectivity index (χ0) is 21.9. The van der Waals surface area contributed by atoms with Crippen molar-refractivity contribution in [3.63, 3.8) is 0 Å². The van der Waals surface area contributed by atoms with Crippen molar-refractivity contribution < 1.29 is 4.79 Å². The largest absolute Gasteiger partial charge is 0.337 e. The van der Waals surface area contributed by atoms with Crippen LogP contribution in [-0.4, -0.2) is 51.7 Å². The Hall–Kier alpha value is -2.92. The molecule has 0 atom stereocenters. The summed E-state index contributed by atoms with van der Waals surface area (Å²) in [4.78, 5) is 17.7. The van der Waals surface area contributed by atoms with E-state index in [1.807, 2.05) is 4.90 Å². The summed E-state index contributed by atoms with van der Waals surface area (Å²) in [6.07, 6.45) is 3.15. The Labute approximate surface area is 190 Å². The first-order chi connectivity index (χ1) is 15.7. The molecule has 5 heteroatoms. The third-order valence-corrected chi connectivity index (χ3v) is 6.95. The number of aromatic nitrogens is 2. The Bertz CT molecular complexity index is 1010. The molecule has 2 aromatic carbocycles. The van der Waals surface area contributed by atoms with Crippen LogP contribution in [-0.2, 0) is 19.5 Å². The molecular weight excluding hydrogens is 396 g/mol. The van der Waals surface area contributed by atoms with Crippen LogP contribution < -0.4 is 0 Å². The highest BCUT2D eigenvalue weighted by atomic mass is 16.2. The van der Waals surface area contributed by atoms with Gasteiger partial charge in [-0.2, -0.15) is 5.10 Å². The minimum absolute atomic E-state index is 0.121. The van der Waals surface area contributed by atoms with Gasteiger partial charge in [0.1, 0.15) is 0 Å². The van der Waals surface area contributed by atoms with E-state index < -0.39 is 0 Å². The molecule has 0 unspecified atom stereocenters. The highest BCUT2D eigenvalue weighted by Crippen LogP contribution is 2.30. The molecule has 2 aliphatic heterocycles. The molecule has 1 aromatic heterocycles. The Morgan fingerprint density at radius 3 is 2.16 bits per heavy atom. The van der Waals surface area contributed by atoms with Crippen molar-refractivity contribution in [3.05, 3.63) is 88.7 Å². The molecule has 0 saturated carbocycles. The van der Waals surface area contributed by atoms with Gasteiger partial charge in [-0.25, -0.2) is 0 Å². The van der Waals surface area contributed by atoms with E-state index >= 15 is 0 Å². The second kappa shape index (κ2) is 9.29. The van der Waals surface area contributed by atoms with Gasteiger partial charge in [0.25, 0.3) is 5.91 Å². The van der Waals surface area contributed by atoms with Crippen molar-refractivity contribution in [1.82, 2.24) is 19.6 Å². The number of nitrogens with zero attached hydrogens (tertiary/aromatic N) is 4. The van der Waals surface area contributed by atoms with E-state index in [2.05, 4.69) is 77.2 Å². The fourth-order valence-electron chi connectivity index (χ4n) is 5.24. The van der Waals surface area contributed by atoms with E-state index in [0.29, 0.717) is 11.6 Å². The average molecular weight is 429 g/mol. The summed E-state index contributed by atoms with van der Waals surface area (Å²) in [5, 5.41) is 4.78. The number of hydrogen-bond acceptors (Lipinski definition) is 3. The van der Waals surface area contributed by atoms with Crippen molar-refractivity contribution in [2.24, 2.45) is 0 Å². The maximum Gasteiger partial charge on any atom is 0.274 e. The standard InChI is InChI=1S/C27H32N4O/c1-2-31-25-15-18-29(20-24(25)26(28-31)27(32)30-16-9-10-17-30)19-23(21-11-5-3-6-12-21)22-13-7-4-8-14-22/h3-8,11-14,23H,2,9-10,15-20H2,1H3. The summed E-state index contributed by atoms with van der Waals surface area (Å²) in [6.45, 7) is 7.37. The minimum Gasteiger partial charge on any atom is -0.337 e. The number of aryl methyl sites for hydroxylation is 1. The molecule has 0 N–H and O–H groups in total. The molecule has 0 radical (unpaired) electrons. The molecule has 3 heterocycles. The fraction of sp³-hybridized carbons (Fsp3) is 0.407. The summed E-state index contributed by atoms with van der Waals surface area (Å²) in [6, 6.07) is 21.6. The van der Waals surface area contributed by atoms with Gasteiger partial charge in [-0.15, -0.1) is 0 Å². The molecule has 1 fully saturated rings. The van der Waals surface area contributed by atoms with Crippen LogP contribution in [0.1, 0.15) is 58.6 Å². The van der Waals surface area contributed by atoms with Crippen LogP contribution in [0.25, 0.3) is 0 Å². The van der Waals surface area contributed by atoms with Gasteiger partial charge >= 0.3 is 0 Å². The van der Waals surface area contributed by atoms with Gasteiger partial charge in [0.15, 0.2) is 5.69 Å².